The van der Waals surface area contributed by atoms with E-state index in [1.165, 1.54) is 38.5 Å². The first-order chi connectivity index (χ1) is 27.7. The Kier molecular flexibility index (Phi) is 21.8. The van der Waals surface area contributed by atoms with Crippen LogP contribution in [-0.4, -0.2) is 23.9 Å². The molecule has 3 unspecified atom stereocenters. The Hall–Kier alpha value is -3.92. The largest absolute Gasteiger partial charge is 0.507 e. The van der Waals surface area contributed by atoms with Gasteiger partial charge in [0.05, 0.1) is 19.6 Å². The normalized spacial score (nSPS) is 14.8. The van der Waals surface area contributed by atoms with E-state index in [0.29, 0.717) is 6.04 Å². The van der Waals surface area contributed by atoms with Crippen molar-refractivity contribution in [3.63, 3.8) is 0 Å². The summed E-state index contributed by atoms with van der Waals surface area (Å²) >= 11 is 0. The summed E-state index contributed by atoms with van der Waals surface area (Å²) in [6.07, 6.45) is 16.5. The van der Waals surface area contributed by atoms with Gasteiger partial charge in [0.1, 0.15) is 17.2 Å². The van der Waals surface area contributed by atoms with E-state index >= 15 is 0 Å². The SMILES string of the molecule is CCCCCC(CC)c1cccc(CN=N[Si](CC)(N=NCc2cccc(C(CC)CCCCC)c2O)N=NCc2cccc(C(CC)CCCCC)c2O)c1O. The minimum atomic E-state index is -3.35. The summed E-state index contributed by atoms with van der Waals surface area (Å²) in [5.74, 6) is 1.74. The Morgan fingerprint density at radius 2 is 0.737 bits per heavy atom. The lowest BCUT2D eigenvalue weighted by molar-refractivity contribution is 0.444. The van der Waals surface area contributed by atoms with Gasteiger partial charge in [-0.15, -0.1) is 0 Å². The minimum Gasteiger partial charge on any atom is -0.507 e. The molecule has 314 valence electrons. The molecule has 0 amide bonds. The van der Waals surface area contributed by atoms with Gasteiger partial charge in [0.25, 0.3) is 0 Å². The molecule has 57 heavy (non-hydrogen) atoms. The molecule has 0 radical (unpaired) electrons. The van der Waals surface area contributed by atoms with E-state index in [-0.39, 0.29) is 54.6 Å². The van der Waals surface area contributed by atoms with Gasteiger partial charge in [-0.1, -0.05) is 161 Å². The van der Waals surface area contributed by atoms with Gasteiger partial charge < -0.3 is 15.3 Å². The zero-order valence-electron chi connectivity index (χ0n) is 36.4. The molecule has 3 aromatic rings. The van der Waals surface area contributed by atoms with Gasteiger partial charge in [-0.2, -0.15) is 29.7 Å². The molecule has 3 atom stereocenters. The second kappa shape index (κ2) is 26.2. The summed E-state index contributed by atoms with van der Waals surface area (Å²) in [6.45, 7) is 15.7. The lowest BCUT2D eigenvalue weighted by atomic mass is 9.89. The number of hydrogen-bond donors (Lipinski definition) is 3. The summed E-state index contributed by atoms with van der Waals surface area (Å²) in [4.78, 5) is 0. The molecule has 0 aliphatic rings. The van der Waals surface area contributed by atoms with Crippen molar-refractivity contribution in [2.24, 2.45) is 29.7 Å². The first-order valence-electron chi connectivity index (χ1n) is 22.3. The number of hydrogen-bond acceptors (Lipinski definition) is 9. The Bertz CT molecular complexity index is 1500. The lowest BCUT2D eigenvalue weighted by Gasteiger charge is -2.18. The van der Waals surface area contributed by atoms with Crippen molar-refractivity contribution >= 4 is 8.56 Å². The van der Waals surface area contributed by atoms with Gasteiger partial charge in [0.15, 0.2) is 0 Å². The van der Waals surface area contributed by atoms with Gasteiger partial charge in [-0.05, 0) is 73.0 Å². The van der Waals surface area contributed by atoms with Crippen molar-refractivity contribution in [3.8, 4) is 17.2 Å². The molecule has 0 heterocycles. The summed E-state index contributed by atoms with van der Waals surface area (Å²) in [5, 5.41) is 48.0. The zero-order chi connectivity index (χ0) is 41.5. The predicted octanol–water partition coefficient (Wildman–Crippen LogP) is 15.2. The molecule has 0 spiro atoms. The van der Waals surface area contributed by atoms with Crippen LogP contribution in [0.3, 0.4) is 0 Å². The highest BCUT2D eigenvalue weighted by atomic mass is 28.4. The smallest absolute Gasteiger partial charge is 0.490 e. The quantitative estimate of drug-likeness (QED) is 0.0383. The molecule has 0 bridgehead atoms. The van der Waals surface area contributed by atoms with Gasteiger partial charge in [0, 0.05) is 22.7 Å². The van der Waals surface area contributed by atoms with Crippen LogP contribution in [0.4, 0.5) is 0 Å². The summed E-state index contributed by atoms with van der Waals surface area (Å²) < 4.78 is 14.3. The highest BCUT2D eigenvalue weighted by Gasteiger charge is 2.35. The number of phenols is 3. The van der Waals surface area contributed by atoms with E-state index in [9.17, 15) is 15.3 Å². The lowest BCUT2D eigenvalue weighted by Crippen LogP contribution is -2.25. The van der Waals surface area contributed by atoms with Gasteiger partial charge in [-0.3, -0.25) is 0 Å². The Morgan fingerprint density at radius 1 is 0.439 bits per heavy atom. The number of benzene rings is 3. The third-order valence-electron chi connectivity index (χ3n) is 11.6. The van der Waals surface area contributed by atoms with Crippen molar-refractivity contribution in [1.82, 2.24) is 0 Å². The van der Waals surface area contributed by atoms with Crippen LogP contribution in [0.15, 0.2) is 84.3 Å². The first kappa shape index (κ1) is 47.5. The number of nitrogens with zero attached hydrogens (tertiary/aromatic N) is 6. The Balaban J connectivity index is 1.95. The van der Waals surface area contributed by atoms with Crippen molar-refractivity contribution < 1.29 is 15.3 Å². The highest BCUT2D eigenvalue weighted by molar-refractivity contribution is 6.74. The highest BCUT2D eigenvalue weighted by Crippen LogP contribution is 2.38. The van der Waals surface area contributed by atoms with Crippen LogP contribution in [0.25, 0.3) is 0 Å². The van der Waals surface area contributed by atoms with E-state index in [4.69, 9.17) is 14.3 Å². The standard InChI is InChI=1S/C47H74N6O3Si/c1-8-15-18-24-36(11-4)42-30-21-27-39(45(42)54)33-48-51-57(14-7,52-49-34-40-28-22-31-43(46(40)55)37(12-5)25-19-16-9-2)53-50-35-41-29-23-32-44(47(41)56)38(13-6)26-20-17-10-3/h21-23,27-32,36-38,54-56H,8-20,24-26,33-35H2,1-7H3. The van der Waals surface area contributed by atoms with E-state index in [2.05, 4.69) is 56.9 Å². The van der Waals surface area contributed by atoms with E-state index in [1.54, 1.807) is 0 Å². The molecule has 0 saturated heterocycles. The molecular weight excluding hydrogens is 725 g/mol. The maximum absolute atomic E-state index is 11.4. The van der Waals surface area contributed by atoms with Crippen molar-refractivity contribution in [3.05, 3.63) is 88.0 Å². The van der Waals surface area contributed by atoms with Crippen LogP contribution in [0.1, 0.15) is 196 Å². The molecule has 0 aromatic heterocycles. The van der Waals surface area contributed by atoms with E-state index < -0.39 is 8.56 Å². The fraction of sp³-hybridized carbons (Fsp3) is 0.617. The molecule has 3 aromatic carbocycles. The molecular formula is C47H74N6O3Si. The fourth-order valence-corrected chi connectivity index (χ4v) is 9.25. The number of unbranched alkanes of at least 4 members (excludes halogenated alkanes) is 6. The van der Waals surface area contributed by atoms with Crippen LogP contribution < -0.4 is 0 Å². The maximum atomic E-state index is 11.4. The van der Waals surface area contributed by atoms with Crippen LogP contribution in [-0.2, 0) is 19.6 Å². The summed E-state index contributed by atoms with van der Waals surface area (Å²) in [6, 6.07) is 18.2. The summed E-state index contributed by atoms with van der Waals surface area (Å²) in [5.41, 5.74) is 5.06. The second-order valence-corrected chi connectivity index (χ2v) is 18.6. The second-order valence-electron chi connectivity index (χ2n) is 15.7. The van der Waals surface area contributed by atoms with E-state index in [0.717, 1.165) is 91.2 Å². The Morgan fingerprint density at radius 3 is 0.982 bits per heavy atom. The van der Waals surface area contributed by atoms with Crippen LogP contribution >= 0.6 is 0 Å². The average Bonchev–Trinajstić information content (AvgIpc) is 3.22. The molecule has 3 rings (SSSR count). The number of aromatic hydroxyl groups is 3. The first-order valence-corrected chi connectivity index (χ1v) is 24.4. The zero-order valence-corrected chi connectivity index (χ0v) is 37.4. The van der Waals surface area contributed by atoms with Crippen molar-refractivity contribution in [2.45, 2.75) is 188 Å². The maximum Gasteiger partial charge on any atom is 0.490 e. The molecule has 0 fully saturated rings. The molecule has 0 aliphatic carbocycles. The van der Waals surface area contributed by atoms with Crippen LogP contribution in [0.5, 0.6) is 17.2 Å². The Labute approximate surface area is 345 Å². The third-order valence-corrected chi connectivity index (χ3v) is 13.9. The van der Waals surface area contributed by atoms with E-state index in [1.807, 2.05) is 61.5 Å². The number of rotatable bonds is 28. The third kappa shape index (κ3) is 14.4. The predicted molar refractivity (Wildman–Crippen MR) is 238 cm³/mol. The molecule has 0 saturated carbocycles. The van der Waals surface area contributed by atoms with Gasteiger partial charge in [-0.25, -0.2) is 0 Å². The molecule has 9 nitrogen and oxygen atoms in total. The van der Waals surface area contributed by atoms with Crippen molar-refractivity contribution in [2.75, 3.05) is 0 Å². The molecule has 0 aliphatic heterocycles. The topological polar surface area (TPSA) is 135 Å². The monoisotopic (exact) mass is 799 g/mol. The number of para-hydroxylation sites is 3. The van der Waals surface area contributed by atoms with Crippen molar-refractivity contribution in [1.29, 1.82) is 0 Å². The summed E-state index contributed by atoms with van der Waals surface area (Å²) in [7, 11) is -3.35. The number of phenolic OH excluding ortho intramolecular Hbond substituents is 3. The fourth-order valence-electron chi connectivity index (χ4n) is 7.81. The minimum absolute atomic E-state index is 0.184. The average molecular weight is 799 g/mol. The molecule has 3 N–H and O–H groups in total. The van der Waals surface area contributed by atoms with Crippen LogP contribution in [0.2, 0.25) is 6.04 Å². The van der Waals surface area contributed by atoms with Gasteiger partial charge in [0.2, 0.25) is 0 Å². The van der Waals surface area contributed by atoms with Crippen LogP contribution in [0, 0.1) is 0 Å². The van der Waals surface area contributed by atoms with Gasteiger partial charge >= 0.3 is 8.56 Å². The molecule has 10 heteroatoms.